The van der Waals surface area contributed by atoms with E-state index in [0.717, 1.165) is 34.1 Å². The van der Waals surface area contributed by atoms with E-state index in [9.17, 15) is 4.79 Å². The first-order valence-electron chi connectivity index (χ1n) is 10.1. The molecule has 3 aromatic carbocycles. The Morgan fingerprint density at radius 1 is 0.774 bits per heavy atom. The molecule has 0 bridgehead atoms. The molecule has 0 unspecified atom stereocenters. The fraction of sp³-hybridized carbons (Fsp3) is 0.240. The highest BCUT2D eigenvalue weighted by atomic mass is 16.6. The van der Waals surface area contributed by atoms with Gasteiger partial charge in [0.1, 0.15) is 30.5 Å². The van der Waals surface area contributed by atoms with E-state index >= 15 is 0 Å². The molecule has 0 amide bonds. The fourth-order valence-electron chi connectivity index (χ4n) is 2.84. The van der Waals surface area contributed by atoms with E-state index in [0.29, 0.717) is 33.0 Å². The molecule has 31 heavy (non-hydrogen) atoms. The summed E-state index contributed by atoms with van der Waals surface area (Å²) in [6.07, 6.45) is 1.12. The Hall–Kier alpha value is -3.35. The van der Waals surface area contributed by atoms with Gasteiger partial charge in [0.05, 0.1) is 26.4 Å². The molecule has 3 aromatic rings. The van der Waals surface area contributed by atoms with Crippen LogP contribution in [0, 0.1) is 0 Å². The summed E-state index contributed by atoms with van der Waals surface area (Å²) in [7, 11) is 0. The fourth-order valence-corrected chi connectivity index (χ4v) is 2.84. The lowest BCUT2D eigenvalue weighted by Gasteiger charge is -2.11. The van der Waals surface area contributed by atoms with Gasteiger partial charge in [0.2, 0.25) is 0 Å². The van der Waals surface area contributed by atoms with Crippen molar-refractivity contribution in [3.8, 4) is 17.2 Å². The Balaban J connectivity index is 1.38. The molecular formula is C25H26O6. The number of esters is 1. The molecule has 6 nitrogen and oxygen atoms in total. The number of carbonyl (C=O) groups is 1. The van der Waals surface area contributed by atoms with Gasteiger partial charge >= 0.3 is 5.97 Å². The average Bonchev–Trinajstić information content (AvgIpc) is 2.80. The normalized spacial score (nSPS) is 10.6. The zero-order chi connectivity index (χ0) is 21.7. The molecule has 162 valence electrons. The summed E-state index contributed by atoms with van der Waals surface area (Å²) in [4.78, 5) is 10.9. The molecular weight excluding hydrogens is 396 g/mol. The lowest BCUT2D eigenvalue weighted by Crippen LogP contribution is -2.13. The Morgan fingerprint density at radius 2 is 1.52 bits per heavy atom. The monoisotopic (exact) mass is 422 g/mol. The molecule has 3 rings (SSSR count). The van der Waals surface area contributed by atoms with Crippen LogP contribution in [0.15, 0.2) is 79.4 Å². The summed E-state index contributed by atoms with van der Waals surface area (Å²) in [5, 5.41) is 2.05. The van der Waals surface area contributed by atoms with Gasteiger partial charge < -0.3 is 23.7 Å². The van der Waals surface area contributed by atoms with Crippen LogP contribution in [0.25, 0.3) is 10.8 Å². The first-order chi connectivity index (χ1) is 15.3. The third-order valence-electron chi connectivity index (χ3n) is 4.29. The summed E-state index contributed by atoms with van der Waals surface area (Å²) < 4.78 is 27.4. The van der Waals surface area contributed by atoms with Crippen LogP contribution in [0.2, 0.25) is 0 Å². The van der Waals surface area contributed by atoms with Crippen LogP contribution < -0.4 is 9.47 Å². The van der Waals surface area contributed by atoms with Crippen molar-refractivity contribution < 1.29 is 28.5 Å². The second kappa shape index (κ2) is 12.4. The van der Waals surface area contributed by atoms with Crippen LogP contribution in [0.1, 0.15) is 0 Å². The topological polar surface area (TPSA) is 63.2 Å². The van der Waals surface area contributed by atoms with Gasteiger partial charge in [-0.2, -0.15) is 0 Å². The van der Waals surface area contributed by atoms with Gasteiger partial charge in [-0.25, -0.2) is 4.79 Å². The van der Waals surface area contributed by atoms with Gasteiger partial charge in [-0.1, -0.05) is 36.9 Å². The highest BCUT2D eigenvalue weighted by molar-refractivity contribution is 5.89. The van der Waals surface area contributed by atoms with E-state index in [1.807, 2.05) is 66.7 Å². The van der Waals surface area contributed by atoms with Crippen molar-refractivity contribution in [3.05, 3.63) is 79.4 Å². The third-order valence-corrected chi connectivity index (χ3v) is 4.29. The standard InChI is InChI=1S/C25H26O6/c1-2-25(26)30-18-16-28-14-13-27-15-17-29-24-10-6-7-20-19-22(11-12-23(20)24)31-21-8-4-3-5-9-21/h2-12,19H,1,13-18H2. The van der Waals surface area contributed by atoms with Crippen LogP contribution >= 0.6 is 0 Å². The van der Waals surface area contributed by atoms with Crippen molar-refractivity contribution >= 4 is 16.7 Å². The summed E-state index contributed by atoms with van der Waals surface area (Å²) in [5.74, 6) is 1.92. The number of benzene rings is 3. The third kappa shape index (κ3) is 7.44. The van der Waals surface area contributed by atoms with E-state index in [1.165, 1.54) is 0 Å². The van der Waals surface area contributed by atoms with Gasteiger partial charge in [-0.05, 0) is 41.8 Å². The number of hydrogen-bond acceptors (Lipinski definition) is 6. The molecule has 0 aliphatic carbocycles. The van der Waals surface area contributed by atoms with Crippen LogP contribution in [-0.4, -0.2) is 45.6 Å². The van der Waals surface area contributed by atoms with Crippen molar-refractivity contribution in [2.75, 3.05) is 39.6 Å². The van der Waals surface area contributed by atoms with Crippen LogP contribution in [-0.2, 0) is 19.0 Å². The van der Waals surface area contributed by atoms with E-state index < -0.39 is 5.97 Å². The summed E-state index contributed by atoms with van der Waals surface area (Å²) >= 11 is 0. The SMILES string of the molecule is C=CC(=O)OCCOCCOCCOc1cccc2cc(Oc3ccccc3)ccc12. The minimum absolute atomic E-state index is 0.202. The maximum atomic E-state index is 10.9. The van der Waals surface area contributed by atoms with Crippen molar-refractivity contribution in [1.29, 1.82) is 0 Å². The predicted molar refractivity (Wildman–Crippen MR) is 119 cm³/mol. The molecule has 6 heteroatoms. The number of carbonyl (C=O) groups excluding carboxylic acids is 1. The molecule has 0 aromatic heterocycles. The smallest absolute Gasteiger partial charge is 0.330 e. The number of ether oxygens (including phenoxy) is 5. The molecule has 0 aliphatic heterocycles. The number of rotatable bonds is 13. The quantitative estimate of drug-likeness (QED) is 0.225. The minimum atomic E-state index is -0.453. The van der Waals surface area contributed by atoms with E-state index in [1.54, 1.807) is 0 Å². The Morgan fingerprint density at radius 3 is 2.29 bits per heavy atom. The van der Waals surface area contributed by atoms with Gasteiger partial charge in [-0.15, -0.1) is 0 Å². The molecule has 0 N–H and O–H groups in total. The molecule has 0 saturated carbocycles. The van der Waals surface area contributed by atoms with Crippen LogP contribution in [0.3, 0.4) is 0 Å². The second-order valence-corrected chi connectivity index (χ2v) is 6.50. The number of hydrogen-bond donors (Lipinski definition) is 0. The lowest BCUT2D eigenvalue weighted by atomic mass is 10.1. The maximum Gasteiger partial charge on any atom is 0.330 e. The van der Waals surface area contributed by atoms with Crippen molar-refractivity contribution in [3.63, 3.8) is 0 Å². The average molecular weight is 422 g/mol. The van der Waals surface area contributed by atoms with Gasteiger partial charge in [0.15, 0.2) is 0 Å². The van der Waals surface area contributed by atoms with Gasteiger partial charge in [0.25, 0.3) is 0 Å². The molecule has 0 heterocycles. The van der Waals surface area contributed by atoms with Crippen molar-refractivity contribution in [1.82, 2.24) is 0 Å². The molecule has 0 spiro atoms. The first kappa shape index (κ1) is 22.3. The lowest BCUT2D eigenvalue weighted by molar-refractivity contribution is -0.139. The predicted octanol–water partition coefficient (Wildman–Crippen LogP) is 4.77. The Kier molecular flexibility index (Phi) is 8.91. The molecule has 0 atom stereocenters. The zero-order valence-electron chi connectivity index (χ0n) is 17.3. The summed E-state index contributed by atoms with van der Waals surface area (Å²) in [6.45, 7) is 5.58. The van der Waals surface area contributed by atoms with Crippen molar-refractivity contribution in [2.45, 2.75) is 0 Å². The summed E-state index contributed by atoms with van der Waals surface area (Å²) in [5.41, 5.74) is 0. The van der Waals surface area contributed by atoms with Gasteiger partial charge in [0, 0.05) is 11.5 Å². The van der Waals surface area contributed by atoms with Crippen LogP contribution in [0.4, 0.5) is 0 Å². The first-order valence-corrected chi connectivity index (χ1v) is 10.1. The van der Waals surface area contributed by atoms with Gasteiger partial charge in [-0.3, -0.25) is 0 Å². The molecule has 0 aliphatic rings. The van der Waals surface area contributed by atoms with E-state index in [2.05, 4.69) is 6.58 Å². The Labute approximate surface area is 181 Å². The zero-order valence-corrected chi connectivity index (χ0v) is 17.3. The maximum absolute atomic E-state index is 10.9. The second-order valence-electron chi connectivity index (χ2n) is 6.50. The van der Waals surface area contributed by atoms with Crippen molar-refractivity contribution in [2.24, 2.45) is 0 Å². The Bertz CT molecular complexity index is 970. The van der Waals surface area contributed by atoms with Crippen LogP contribution in [0.5, 0.6) is 17.2 Å². The van der Waals surface area contributed by atoms with E-state index in [4.69, 9.17) is 23.7 Å². The number of para-hydroxylation sites is 1. The van der Waals surface area contributed by atoms with E-state index in [-0.39, 0.29) is 6.61 Å². The molecule has 0 radical (unpaired) electrons. The number of fused-ring (bicyclic) bond motifs is 1. The summed E-state index contributed by atoms with van der Waals surface area (Å²) in [6, 6.07) is 21.5. The largest absolute Gasteiger partial charge is 0.491 e. The highest BCUT2D eigenvalue weighted by Crippen LogP contribution is 2.30. The molecule has 0 saturated heterocycles. The minimum Gasteiger partial charge on any atom is -0.491 e. The molecule has 0 fully saturated rings. The highest BCUT2D eigenvalue weighted by Gasteiger charge is 2.05.